The minimum atomic E-state index is -0.355. The van der Waals surface area contributed by atoms with E-state index in [0.29, 0.717) is 0 Å². The second-order valence-corrected chi connectivity index (χ2v) is 5.71. The molecule has 5 heteroatoms. The normalized spacial score (nSPS) is 12.7. The van der Waals surface area contributed by atoms with Gasteiger partial charge in [0.25, 0.3) is 5.69 Å². The Bertz CT molecular complexity index is 613. The van der Waals surface area contributed by atoms with Gasteiger partial charge in [-0.05, 0) is 18.2 Å². The van der Waals surface area contributed by atoms with Crippen LogP contribution in [-0.2, 0) is 0 Å². The number of hydrogen-bond donors (Lipinski definition) is 0. The van der Waals surface area contributed by atoms with Gasteiger partial charge in [0.2, 0.25) is 0 Å². The quantitative estimate of drug-likeness (QED) is 0.486. The van der Waals surface area contributed by atoms with Crippen LogP contribution in [0, 0.1) is 10.1 Å². The molecule has 0 amide bonds. The molecule has 2 aromatic rings. The van der Waals surface area contributed by atoms with Gasteiger partial charge in [0.1, 0.15) is 0 Å². The lowest BCUT2D eigenvalue weighted by molar-refractivity contribution is -0.385. The van der Waals surface area contributed by atoms with Crippen LogP contribution in [0.3, 0.4) is 0 Å². The average Bonchev–Trinajstić information content (AvgIpc) is 2.35. The van der Waals surface area contributed by atoms with Crippen LogP contribution in [0.25, 0.3) is 0 Å². The number of nitro groups is 1. The molecular weight excluding hydrogens is 254 g/mol. The Labute approximate surface area is 106 Å². The molecule has 1 aliphatic rings. The van der Waals surface area contributed by atoms with Crippen LogP contribution in [0.1, 0.15) is 0 Å². The first kappa shape index (κ1) is 10.7. The molecule has 3 rings (SSSR count). The van der Waals surface area contributed by atoms with Crippen molar-refractivity contribution in [3.05, 3.63) is 52.6 Å². The van der Waals surface area contributed by atoms with E-state index in [2.05, 4.69) is 6.07 Å². The summed E-state index contributed by atoms with van der Waals surface area (Å²) in [6, 6.07) is 13.1. The Morgan fingerprint density at radius 1 is 0.882 bits per heavy atom. The van der Waals surface area contributed by atoms with Crippen molar-refractivity contribution < 1.29 is 4.92 Å². The van der Waals surface area contributed by atoms with Crippen molar-refractivity contribution in [1.82, 2.24) is 0 Å². The van der Waals surface area contributed by atoms with E-state index in [4.69, 9.17) is 0 Å². The van der Waals surface area contributed by atoms with Crippen molar-refractivity contribution >= 4 is 29.2 Å². The van der Waals surface area contributed by atoms with Crippen LogP contribution in [0.15, 0.2) is 62.0 Å². The molecule has 0 unspecified atom stereocenters. The van der Waals surface area contributed by atoms with Crippen LogP contribution in [0.5, 0.6) is 0 Å². The Hall–Kier alpha value is -1.46. The van der Waals surface area contributed by atoms with E-state index in [9.17, 15) is 10.1 Å². The minimum absolute atomic E-state index is 0.149. The molecule has 0 fully saturated rings. The largest absolute Gasteiger partial charge is 0.270 e. The highest BCUT2D eigenvalue weighted by atomic mass is 32.2. The molecule has 0 aromatic heterocycles. The van der Waals surface area contributed by atoms with Crippen molar-refractivity contribution in [2.24, 2.45) is 0 Å². The van der Waals surface area contributed by atoms with Gasteiger partial charge in [0.15, 0.2) is 0 Å². The zero-order valence-electron chi connectivity index (χ0n) is 8.62. The maximum Gasteiger partial charge on any atom is 0.270 e. The fourth-order valence-electron chi connectivity index (χ4n) is 1.63. The molecule has 84 valence electrons. The van der Waals surface area contributed by atoms with E-state index < -0.39 is 0 Å². The maximum atomic E-state index is 10.7. The van der Waals surface area contributed by atoms with Crippen molar-refractivity contribution in [1.29, 1.82) is 0 Å². The first-order chi connectivity index (χ1) is 8.24. The van der Waals surface area contributed by atoms with E-state index in [0.717, 1.165) is 14.7 Å². The molecule has 0 saturated heterocycles. The van der Waals surface area contributed by atoms with Gasteiger partial charge < -0.3 is 0 Å². The van der Waals surface area contributed by atoms with Gasteiger partial charge in [-0.25, -0.2) is 0 Å². The van der Waals surface area contributed by atoms with Gasteiger partial charge in [-0.3, -0.25) is 10.1 Å². The molecule has 0 spiro atoms. The van der Waals surface area contributed by atoms with Crippen LogP contribution in [0.2, 0.25) is 0 Å². The molecule has 0 N–H and O–H groups in total. The third-order valence-corrected chi connectivity index (χ3v) is 4.97. The fourth-order valence-corrected chi connectivity index (χ4v) is 3.88. The average molecular weight is 261 g/mol. The zero-order chi connectivity index (χ0) is 11.8. The van der Waals surface area contributed by atoms with Crippen LogP contribution in [-0.4, -0.2) is 4.92 Å². The SMILES string of the molecule is O=[N+]([O-])c1ccc2c(c1)Sc1ccccc1S2. The predicted molar refractivity (Wildman–Crippen MR) is 67.8 cm³/mol. The summed E-state index contributed by atoms with van der Waals surface area (Å²) in [6.45, 7) is 0. The lowest BCUT2D eigenvalue weighted by Crippen LogP contribution is -1.92. The number of nitrogens with zero attached hydrogens (tertiary/aromatic N) is 1. The summed E-state index contributed by atoms with van der Waals surface area (Å²) >= 11 is 3.25. The van der Waals surface area contributed by atoms with Crippen molar-refractivity contribution in [3.8, 4) is 0 Å². The molecule has 0 bridgehead atoms. The van der Waals surface area contributed by atoms with Crippen molar-refractivity contribution in [2.75, 3.05) is 0 Å². The summed E-state index contributed by atoms with van der Waals surface area (Å²) in [7, 11) is 0. The second kappa shape index (κ2) is 4.09. The summed E-state index contributed by atoms with van der Waals surface area (Å²) in [5, 5.41) is 10.7. The number of benzene rings is 2. The van der Waals surface area contributed by atoms with Crippen molar-refractivity contribution in [3.63, 3.8) is 0 Å². The first-order valence-corrected chi connectivity index (χ1v) is 6.60. The first-order valence-electron chi connectivity index (χ1n) is 4.97. The number of non-ortho nitro benzene ring substituents is 1. The van der Waals surface area contributed by atoms with E-state index >= 15 is 0 Å². The highest BCUT2D eigenvalue weighted by molar-refractivity contribution is 8.05. The van der Waals surface area contributed by atoms with E-state index in [1.165, 1.54) is 4.90 Å². The topological polar surface area (TPSA) is 43.1 Å². The maximum absolute atomic E-state index is 10.7. The van der Waals surface area contributed by atoms with Crippen molar-refractivity contribution in [2.45, 2.75) is 19.6 Å². The molecule has 1 heterocycles. The molecule has 0 radical (unpaired) electrons. The molecule has 0 saturated carbocycles. The Kier molecular flexibility index (Phi) is 2.57. The summed E-state index contributed by atoms with van der Waals surface area (Å²) in [4.78, 5) is 14.8. The molecule has 3 nitrogen and oxygen atoms in total. The molecule has 1 aliphatic heterocycles. The molecule has 17 heavy (non-hydrogen) atoms. The van der Waals surface area contributed by atoms with Crippen LogP contribution >= 0.6 is 23.5 Å². The monoisotopic (exact) mass is 261 g/mol. The number of hydrogen-bond acceptors (Lipinski definition) is 4. The minimum Gasteiger partial charge on any atom is -0.258 e. The highest BCUT2D eigenvalue weighted by Crippen LogP contribution is 2.48. The Balaban J connectivity index is 2.06. The molecule has 0 atom stereocenters. The van der Waals surface area contributed by atoms with Gasteiger partial charge in [-0.15, -0.1) is 0 Å². The lowest BCUT2D eigenvalue weighted by atomic mass is 10.3. The second-order valence-electron chi connectivity index (χ2n) is 3.54. The molecule has 2 aromatic carbocycles. The van der Waals surface area contributed by atoms with Gasteiger partial charge in [-0.1, -0.05) is 35.7 Å². The third-order valence-electron chi connectivity index (χ3n) is 2.43. The number of rotatable bonds is 1. The van der Waals surface area contributed by atoms with E-state index in [1.807, 2.05) is 24.3 Å². The molecule has 0 aliphatic carbocycles. The Morgan fingerprint density at radius 2 is 1.47 bits per heavy atom. The number of fused-ring (bicyclic) bond motifs is 2. The van der Waals surface area contributed by atoms with E-state index in [1.54, 1.807) is 35.7 Å². The fraction of sp³-hybridized carbons (Fsp3) is 0. The summed E-state index contributed by atoms with van der Waals surface area (Å²) in [5.74, 6) is 0. The van der Waals surface area contributed by atoms with Gasteiger partial charge >= 0.3 is 0 Å². The third kappa shape index (κ3) is 1.92. The van der Waals surface area contributed by atoms with Crippen LogP contribution in [0.4, 0.5) is 5.69 Å². The summed E-state index contributed by atoms with van der Waals surface area (Å²) in [6.07, 6.45) is 0. The highest BCUT2D eigenvalue weighted by Gasteiger charge is 2.19. The Morgan fingerprint density at radius 3 is 2.12 bits per heavy atom. The number of nitro benzene ring substituents is 1. The van der Waals surface area contributed by atoms with Gasteiger partial charge in [-0.2, -0.15) is 0 Å². The van der Waals surface area contributed by atoms with Crippen LogP contribution < -0.4 is 0 Å². The lowest BCUT2D eigenvalue weighted by Gasteiger charge is -2.17. The standard InChI is InChI=1S/C12H7NO2S2/c14-13(15)8-5-6-11-12(7-8)17-10-4-2-1-3-9(10)16-11/h1-7H. The smallest absolute Gasteiger partial charge is 0.258 e. The van der Waals surface area contributed by atoms with Gasteiger partial charge in [0.05, 0.1) is 4.92 Å². The predicted octanol–water partition coefficient (Wildman–Crippen LogP) is 4.21. The molecular formula is C12H7NO2S2. The van der Waals surface area contributed by atoms with Gasteiger partial charge in [0, 0.05) is 31.7 Å². The van der Waals surface area contributed by atoms with E-state index in [-0.39, 0.29) is 10.6 Å². The zero-order valence-corrected chi connectivity index (χ0v) is 10.3. The summed E-state index contributed by atoms with van der Waals surface area (Å²) < 4.78 is 0. The summed E-state index contributed by atoms with van der Waals surface area (Å²) in [5.41, 5.74) is 0.149.